The number of H-pyrrole nitrogens is 1. The number of fused-ring (bicyclic) bond motifs is 1. The molecule has 8 nitrogen and oxygen atoms in total. The Morgan fingerprint density at radius 3 is 2.61 bits per heavy atom. The minimum atomic E-state index is -0.304. The molecule has 1 saturated heterocycles. The van der Waals surface area contributed by atoms with Crippen molar-refractivity contribution >= 4 is 49.6 Å². The normalized spacial score (nSPS) is 17.5. The summed E-state index contributed by atoms with van der Waals surface area (Å²) < 4.78 is 0.802. The fourth-order valence-corrected chi connectivity index (χ4v) is 4.82. The van der Waals surface area contributed by atoms with Crippen LogP contribution in [0, 0.1) is 12.3 Å². The van der Waals surface area contributed by atoms with Gasteiger partial charge in [0, 0.05) is 42.0 Å². The first kappa shape index (κ1) is 21.7. The molecule has 9 heteroatoms. The number of benzene rings is 2. The third-order valence-electron chi connectivity index (χ3n) is 6.35. The molecule has 2 aliphatic rings. The minimum Gasteiger partial charge on any atom is -0.509 e. The van der Waals surface area contributed by atoms with E-state index in [1.165, 1.54) is 5.69 Å². The highest BCUT2D eigenvalue weighted by molar-refractivity contribution is 9.10. The van der Waals surface area contributed by atoms with Gasteiger partial charge >= 0.3 is 0 Å². The Hall–Kier alpha value is -3.17. The fourth-order valence-electron chi connectivity index (χ4n) is 4.47. The molecular weight excluding hydrogens is 484 g/mol. The molecule has 2 aliphatic heterocycles. The molecule has 1 fully saturated rings. The zero-order chi connectivity index (χ0) is 23.3. The molecule has 170 valence electrons. The number of nitrogens with one attached hydrogen (secondary N) is 2. The number of aryl methyl sites for hydroxylation is 1. The number of hydrogen-bond acceptors (Lipinski definition) is 6. The van der Waals surface area contributed by atoms with Crippen LogP contribution < -0.4 is 15.4 Å². The molecule has 0 atom stereocenters. The van der Waals surface area contributed by atoms with Crippen LogP contribution >= 0.6 is 15.9 Å². The van der Waals surface area contributed by atoms with E-state index in [0.717, 1.165) is 41.9 Å². The molecule has 0 aliphatic carbocycles. The molecule has 0 spiro atoms. The van der Waals surface area contributed by atoms with Gasteiger partial charge in [0.2, 0.25) is 0 Å². The summed E-state index contributed by atoms with van der Waals surface area (Å²) in [6.45, 7) is 6.21. The Labute approximate surface area is 199 Å². The third kappa shape index (κ3) is 3.91. The van der Waals surface area contributed by atoms with Crippen molar-refractivity contribution in [3.8, 4) is 0 Å². The van der Waals surface area contributed by atoms with Gasteiger partial charge in [-0.15, -0.1) is 0 Å². The van der Waals surface area contributed by atoms with Crippen molar-refractivity contribution in [3.05, 3.63) is 68.4 Å². The van der Waals surface area contributed by atoms with Crippen LogP contribution in [0.5, 0.6) is 0 Å². The summed E-state index contributed by atoms with van der Waals surface area (Å²) in [6, 6.07) is 11.4. The van der Waals surface area contributed by atoms with Gasteiger partial charge in [0.25, 0.3) is 5.56 Å². The number of rotatable bonds is 3. The molecule has 0 radical (unpaired) electrons. The van der Waals surface area contributed by atoms with Crippen LogP contribution in [0.2, 0.25) is 0 Å². The van der Waals surface area contributed by atoms with Crippen molar-refractivity contribution in [2.75, 3.05) is 49.6 Å². The van der Waals surface area contributed by atoms with E-state index in [-0.39, 0.29) is 35.1 Å². The van der Waals surface area contributed by atoms with Crippen LogP contribution in [-0.2, 0) is 0 Å². The first-order valence-electron chi connectivity index (χ1n) is 10.8. The summed E-state index contributed by atoms with van der Waals surface area (Å²) in [4.78, 5) is 26.3. The lowest BCUT2D eigenvalue weighted by Gasteiger charge is -2.34. The van der Waals surface area contributed by atoms with E-state index in [1.807, 2.05) is 13.0 Å². The quantitative estimate of drug-likeness (QED) is 0.500. The van der Waals surface area contributed by atoms with Gasteiger partial charge in [-0.05, 0) is 55.9 Å². The predicted octanol–water partition coefficient (Wildman–Crippen LogP) is 3.51. The van der Waals surface area contributed by atoms with Crippen LogP contribution in [0.1, 0.15) is 11.4 Å². The summed E-state index contributed by atoms with van der Waals surface area (Å²) in [5, 5.41) is 20.0. The number of piperazine rings is 1. The van der Waals surface area contributed by atoms with Crippen LogP contribution in [0.4, 0.5) is 11.4 Å². The molecule has 3 heterocycles. The van der Waals surface area contributed by atoms with Gasteiger partial charge in [-0.2, -0.15) is 0 Å². The number of nitrogens with zero attached hydrogens (tertiary/aromatic N) is 4. The Morgan fingerprint density at radius 2 is 1.88 bits per heavy atom. The second-order valence-electron chi connectivity index (χ2n) is 8.59. The number of anilines is 2. The monoisotopic (exact) mass is 508 g/mol. The number of aromatic nitrogens is 2. The first-order chi connectivity index (χ1) is 15.8. The lowest BCUT2D eigenvalue weighted by atomic mass is 10.1. The Kier molecular flexibility index (Phi) is 5.46. The van der Waals surface area contributed by atoms with Crippen molar-refractivity contribution in [1.82, 2.24) is 14.9 Å². The van der Waals surface area contributed by atoms with Crippen LogP contribution in [0.15, 0.2) is 51.4 Å². The number of hydrogen-bond donors (Lipinski definition) is 3. The van der Waals surface area contributed by atoms with Crippen LogP contribution in [-0.4, -0.2) is 65.6 Å². The molecule has 0 amide bonds. The molecule has 0 saturated carbocycles. The topological polar surface area (TPSA) is 99.6 Å². The molecule has 0 bridgehead atoms. The zero-order valence-corrected chi connectivity index (χ0v) is 20.1. The van der Waals surface area contributed by atoms with E-state index in [4.69, 9.17) is 5.41 Å². The van der Waals surface area contributed by atoms with Gasteiger partial charge in [-0.3, -0.25) is 10.2 Å². The third-order valence-corrected chi connectivity index (χ3v) is 6.84. The number of likely N-dealkylation sites (N-methyl/N-ethyl adjacent to an activating group) is 1. The summed E-state index contributed by atoms with van der Waals surface area (Å²) in [7, 11) is 2.14. The largest absolute Gasteiger partial charge is 0.509 e. The van der Waals surface area contributed by atoms with Crippen molar-refractivity contribution in [2.24, 2.45) is 0 Å². The number of halogens is 1. The van der Waals surface area contributed by atoms with Crippen molar-refractivity contribution < 1.29 is 5.11 Å². The van der Waals surface area contributed by atoms with E-state index >= 15 is 0 Å². The number of aliphatic hydroxyl groups excluding tert-OH is 1. The van der Waals surface area contributed by atoms with E-state index in [0.29, 0.717) is 10.9 Å². The van der Waals surface area contributed by atoms with Crippen molar-refractivity contribution in [1.29, 1.82) is 5.41 Å². The van der Waals surface area contributed by atoms with Gasteiger partial charge in [0.1, 0.15) is 17.4 Å². The molecule has 0 unspecified atom stereocenters. The van der Waals surface area contributed by atoms with E-state index in [9.17, 15) is 9.90 Å². The predicted molar refractivity (Wildman–Crippen MR) is 136 cm³/mol. The molecule has 3 aromatic rings. The SMILES string of the molecule is Cc1cc(N2CCN(C)CC2)ccc1N1CC(O)=C(c2nc3cc(Br)ccc3c(=O)[nH]2)C1=N. The average molecular weight is 509 g/mol. The van der Waals surface area contributed by atoms with Gasteiger partial charge in [0.05, 0.1) is 23.0 Å². The molecule has 3 N–H and O–H groups in total. The van der Waals surface area contributed by atoms with E-state index in [2.05, 4.69) is 54.9 Å². The van der Waals surface area contributed by atoms with Gasteiger partial charge in [-0.25, -0.2) is 4.98 Å². The van der Waals surface area contributed by atoms with E-state index < -0.39 is 0 Å². The second-order valence-corrected chi connectivity index (χ2v) is 9.51. The van der Waals surface area contributed by atoms with Gasteiger partial charge in [-0.1, -0.05) is 15.9 Å². The zero-order valence-electron chi connectivity index (χ0n) is 18.5. The Bertz CT molecular complexity index is 1360. The maximum Gasteiger partial charge on any atom is 0.259 e. The lowest BCUT2D eigenvalue weighted by molar-refractivity contribution is 0.313. The number of amidine groups is 1. The van der Waals surface area contributed by atoms with E-state index in [1.54, 1.807) is 23.1 Å². The summed E-state index contributed by atoms with van der Waals surface area (Å²) in [5.74, 6) is 0.322. The highest BCUT2D eigenvalue weighted by Crippen LogP contribution is 2.33. The molecule has 5 rings (SSSR count). The van der Waals surface area contributed by atoms with Crippen molar-refractivity contribution in [2.45, 2.75) is 6.92 Å². The smallest absolute Gasteiger partial charge is 0.259 e. The lowest BCUT2D eigenvalue weighted by Crippen LogP contribution is -2.44. The summed E-state index contributed by atoms with van der Waals surface area (Å²) >= 11 is 3.40. The Balaban J connectivity index is 1.45. The number of aliphatic hydroxyl groups is 1. The maximum atomic E-state index is 12.6. The van der Waals surface area contributed by atoms with Gasteiger partial charge in [0.15, 0.2) is 0 Å². The second kappa shape index (κ2) is 8.31. The summed E-state index contributed by atoms with van der Waals surface area (Å²) in [6.07, 6.45) is 0. The first-order valence-corrected chi connectivity index (χ1v) is 11.6. The van der Waals surface area contributed by atoms with Crippen LogP contribution in [0.25, 0.3) is 16.5 Å². The highest BCUT2D eigenvalue weighted by atomic mass is 79.9. The maximum absolute atomic E-state index is 12.6. The Morgan fingerprint density at radius 1 is 1.12 bits per heavy atom. The molecule has 1 aromatic heterocycles. The molecule has 2 aromatic carbocycles. The van der Waals surface area contributed by atoms with Crippen molar-refractivity contribution in [3.63, 3.8) is 0 Å². The summed E-state index contributed by atoms with van der Waals surface area (Å²) in [5.41, 5.74) is 3.48. The standard InChI is InChI=1S/C24H25BrN6O2/c1-14-11-16(30-9-7-29(2)8-10-30)4-6-19(14)31-13-20(32)21(22(31)26)23-27-18-12-15(25)3-5-17(18)24(33)28-23/h3-6,11-12,26,32H,7-10,13H2,1-2H3,(H,27,28,33). The fraction of sp³-hybridized carbons (Fsp3) is 0.292. The van der Waals surface area contributed by atoms with Gasteiger partial charge < -0.3 is 24.8 Å². The molecular formula is C24H25BrN6O2. The average Bonchev–Trinajstić information content (AvgIpc) is 3.07. The highest BCUT2D eigenvalue weighted by Gasteiger charge is 2.32. The molecule has 33 heavy (non-hydrogen) atoms. The number of aromatic amines is 1. The van der Waals surface area contributed by atoms with Crippen LogP contribution in [0.3, 0.4) is 0 Å². The minimum absolute atomic E-state index is 0.0139.